The lowest BCUT2D eigenvalue weighted by molar-refractivity contribution is -0.142. The van der Waals surface area contributed by atoms with Crippen molar-refractivity contribution in [2.75, 3.05) is 7.11 Å². The first-order valence-electron chi connectivity index (χ1n) is 4.72. The summed E-state index contributed by atoms with van der Waals surface area (Å²) in [6.07, 6.45) is 8.39. The first-order valence-corrected chi connectivity index (χ1v) is 4.72. The van der Waals surface area contributed by atoms with E-state index in [1.807, 2.05) is 0 Å². The Morgan fingerprint density at radius 3 is 3.00 bits per heavy atom. The van der Waals surface area contributed by atoms with Gasteiger partial charge in [-0.3, -0.25) is 4.79 Å². The number of hydrogen-bond acceptors (Lipinski definition) is 3. The molecule has 0 spiro atoms. The number of carbonyl (C=O) groups is 1. The lowest BCUT2D eigenvalue weighted by Crippen LogP contribution is -2.33. The van der Waals surface area contributed by atoms with Crippen LogP contribution in [0.4, 0.5) is 0 Å². The minimum atomic E-state index is -0.443. The Kier molecular flexibility index (Phi) is 3.96. The van der Waals surface area contributed by atoms with Crippen LogP contribution in [0.5, 0.6) is 0 Å². The standard InChI is InChI=1S/C10H17NO2/c1-13-10(12)9(11)7-8-5-3-2-4-6-8/h2-3,8-9H,4-7,11H2,1H3/t8?,9-/m0/s1. The average molecular weight is 183 g/mol. The quantitative estimate of drug-likeness (QED) is 0.529. The van der Waals surface area contributed by atoms with E-state index in [-0.39, 0.29) is 5.97 Å². The van der Waals surface area contributed by atoms with E-state index in [0.29, 0.717) is 5.92 Å². The summed E-state index contributed by atoms with van der Waals surface area (Å²) in [6.45, 7) is 0. The Morgan fingerprint density at radius 2 is 2.46 bits per heavy atom. The average Bonchev–Trinajstić information content (AvgIpc) is 2.18. The highest BCUT2D eigenvalue weighted by Crippen LogP contribution is 2.22. The number of methoxy groups -OCH3 is 1. The molecule has 0 radical (unpaired) electrons. The second-order valence-electron chi connectivity index (χ2n) is 3.52. The van der Waals surface area contributed by atoms with E-state index in [9.17, 15) is 4.79 Å². The summed E-state index contributed by atoms with van der Waals surface area (Å²) in [5.41, 5.74) is 5.66. The Hall–Kier alpha value is -0.830. The molecule has 1 rings (SSSR count). The van der Waals surface area contributed by atoms with Gasteiger partial charge in [0.15, 0.2) is 0 Å². The second-order valence-corrected chi connectivity index (χ2v) is 3.52. The third-order valence-electron chi connectivity index (χ3n) is 2.47. The van der Waals surface area contributed by atoms with E-state index in [0.717, 1.165) is 25.7 Å². The molecular weight excluding hydrogens is 166 g/mol. The summed E-state index contributed by atoms with van der Waals surface area (Å²) in [7, 11) is 1.38. The number of ether oxygens (including phenoxy) is 1. The van der Waals surface area contributed by atoms with Crippen molar-refractivity contribution in [2.24, 2.45) is 11.7 Å². The number of rotatable bonds is 3. The summed E-state index contributed by atoms with van der Waals surface area (Å²) < 4.78 is 4.57. The van der Waals surface area contributed by atoms with Gasteiger partial charge in [-0.15, -0.1) is 0 Å². The third-order valence-corrected chi connectivity index (χ3v) is 2.47. The number of esters is 1. The van der Waals surface area contributed by atoms with Crippen LogP contribution in [0, 0.1) is 5.92 Å². The van der Waals surface area contributed by atoms with Gasteiger partial charge in [-0.2, -0.15) is 0 Å². The summed E-state index contributed by atoms with van der Waals surface area (Å²) >= 11 is 0. The van der Waals surface area contributed by atoms with E-state index in [1.165, 1.54) is 7.11 Å². The van der Waals surface area contributed by atoms with Gasteiger partial charge in [0.05, 0.1) is 7.11 Å². The third kappa shape index (κ3) is 3.19. The maximum Gasteiger partial charge on any atom is 0.322 e. The van der Waals surface area contributed by atoms with Gasteiger partial charge in [0, 0.05) is 0 Å². The van der Waals surface area contributed by atoms with Crippen molar-refractivity contribution in [1.82, 2.24) is 0 Å². The molecule has 13 heavy (non-hydrogen) atoms. The molecule has 0 fully saturated rings. The lowest BCUT2D eigenvalue weighted by atomic mass is 9.89. The normalized spacial score (nSPS) is 24.0. The van der Waals surface area contributed by atoms with Crippen LogP contribution in [0.25, 0.3) is 0 Å². The van der Waals surface area contributed by atoms with Crippen LogP contribution < -0.4 is 5.73 Å². The molecule has 0 aromatic rings. The van der Waals surface area contributed by atoms with Crippen LogP contribution in [0.2, 0.25) is 0 Å². The van der Waals surface area contributed by atoms with Crippen LogP contribution in [0.1, 0.15) is 25.7 Å². The minimum absolute atomic E-state index is 0.297. The van der Waals surface area contributed by atoms with Crippen LogP contribution in [0.3, 0.4) is 0 Å². The number of nitrogens with two attached hydrogens (primary N) is 1. The van der Waals surface area contributed by atoms with Crippen LogP contribution in [0.15, 0.2) is 12.2 Å². The van der Waals surface area contributed by atoms with Crippen molar-refractivity contribution in [3.05, 3.63) is 12.2 Å². The predicted molar refractivity (Wildman–Crippen MR) is 51.1 cm³/mol. The summed E-state index contributed by atoms with van der Waals surface area (Å²) in [4.78, 5) is 11.0. The molecule has 3 heteroatoms. The highest BCUT2D eigenvalue weighted by Gasteiger charge is 2.19. The minimum Gasteiger partial charge on any atom is -0.468 e. The molecule has 0 heterocycles. The highest BCUT2D eigenvalue weighted by molar-refractivity contribution is 5.75. The largest absolute Gasteiger partial charge is 0.468 e. The number of carbonyl (C=O) groups excluding carboxylic acids is 1. The molecule has 1 unspecified atom stereocenters. The molecule has 0 bridgehead atoms. The van der Waals surface area contributed by atoms with Crippen molar-refractivity contribution in [3.8, 4) is 0 Å². The molecule has 2 N–H and O–H groups in total. The van der Waals surface area contributed by atoms with Crippen LogP contribution >= 0.6 is 0 Å². The molecule has 0 amide bonds. The summed E-state index contributed by atoms with van der Waals surface area (Å²) in [5.74, 6) is 0.258. The van der Waals surface area contributed by atoms with Gasteiger partial charge in [0.2, 0.25) is 0 Å². The molecule has 2 atom stereocenters. The highest BCUT2D eigenvalue weighted by atomic mass is 16.5. The van der Waals surface area contributed by atoms with E-state index in [2.05, 4.69) is 16.9 Å². The van der Waals surface area contributed by atoms with E-state index in [4.69, 9.17) is 5.73 Å². The van der Waals surface area contributed by atoms with Gasteiger partial charge < -0.3 is 10.5 Å². The van der Waals surface area contributed by atoms with E-state index >= 15 is 0 Å². The molecular formula is C10H17NO2. The number of hydrogen-bond donors (Lipinski definition) is 1. The SMILES string of the molecule is COC(=O)[C@@H](N)CC1CC=CCC1. The predicted octanol–water partition coefficient (Wildman–Crippen LogP) is 1.23. The van der Waals surface area contributed by atoms with Crippen molar-refractivity contribution in [2.45, 2.75) is 31.7 Å². The van der Waals surface area contributed by atoms with Gasteiger partial charge in [-0.25, -0.2) is 0 Å². The van der Waals surface area contributed by atoms with Gasteiger partial charge in [-0.1, -0.05) is 12.2 Å². The van der Waals surface area contributed by atoms with Crippen LogP contribution in [-0.2, 0) is 9.53 Å². The maximum absolute atomic E-state index is 11.0. The fourth-order valence-corrected chi connectivity index (χ4v) is 1.68. The van der Waals surface area contributed by atoms with Gasteiger partial charge >= 0.3 is 5.97 Å². The molecule has 0 saturated carbocycles. The zero-order valence-electron chi connectivity index (χ0n) is 8.03. The van der Waals surface area contributed by atoms with E-state index in [1.54, 1.807) is 0 Å². The molecule has 3 nitrogen and oxygen atoms in total. The molecule has 1 aliphatic carbocycles. The molecule has 74 valence electrons. The van der Waals surface area contributed by atoms with Crippen molar-refractivity contribution in [1.29, 1.82) is 0 Å². The first kappa shape index (κ1) is 10.3. The monoisotopic (exact) mass is 183 g/mol. The molecule has 1 aliphatic rings. The van der Waals surface area contributed by atoms with Crippen LogP contribution in [-0.4, -0.2) is 19.1 Å². The van der Waals surface area contributed by atoms with Gasteiger partial charge in [-0.05, 0) is 31.6 Å². The van der Waals surface area contributed by atoms with E-state index < -0.39 is 6.04 Å². The summed E-state index contributed by atoms with van der Waals surface area (Å²) in [6, 6.07) is -0.443. The topological polar surface area (TPSA) is 52.3 Å². The zero-order valence-corrected chi connectivity index (χ0v) is 8.03. The summed E-state index contributed by atoms with van der Waals surface area (Å²) in [5, 5.41) is 0. The number of allylic oxidation sites excluding steroid dienone is 2. The Bertz CT molecular complexity index is 201. The lowest BCUT2D eigenvalue weighted by Gasteiger charge is -2.20. The molecule has 0 aromatic heterocycles. The van der Waals surface area contributed by atoms with Crippen molar-refractivity contribution < 1.29 is 9.53 Å². The zero-order chi connectivity index (χ0) is 9.68. The van der Waals surface area contributed by atoms with Crippen molar-refractivity contribution >= 4 is 5.97 Å². The molecule has 0 aromatic carbocycles. The Labute approximate surface area is 78.9 Å². The Balaban J connectivity index is 2.30. The molecule has 0 saturated heterocycles. The van der Waals surface area contributed by atoms with Gasteiger partial charge in [0.1, 0.15) is 6.04 Å². The van der Waals surface area contributed by atoms with Gasteiger partial charge in [0.25, 0.3) is 0 Å². The first-order chi connectivity index (χ1) is 6.24. The maximum atomic E-state index is 11.0. The second kappa shape index (κ2) is 5.02. The molecule has 0 aliphatic heterocycles. The fraction of sp³-hybridized carbons (Fsp3) is 0.700. The van der Waals surface area contributed by atoms with Crippen molar-refractivity contribution in [3.63, 3.8) is 0 Å². The smallest absolute Gasteiger partial charge is 0.322 e. The fourth-order valence-electron chi connectivity index (χ4n) is 1.68. The Morgan fingerprint density at radius 1 is 1.69 bits per heavy atom.